The Morgan fingerprint density at radius 2 is 2.42 bits per heavy atom. The number of rotatable bonds is 4. The number of halogens is 1. The molecule has 0 aliphatic rings. The Bertz CT molecular complexity index is 244. The zero-order chi connectivity index (χ0) is 8.81. The van der Waals surface area contributed by atoms with E-state index in [0.717, 1.165) is 12.6 Å². The number of hydrogen-bond acceptors (Lipinski definition) is 2. The molecule has 0 fully saturated rings. The molecule has 1 atom stereocenters. The third kappa shape index (κ3) is 2.74. The van der Waals surface area contributed by atoms with E-state index in [1.54, 1.807) is 12.1 Å². The topological polar surface area (TPSA) is 22.1 Å². The first-order valence-corrected chi connectivity index (χ1v) is 4.59. The smallest absolute Gasteiger partial charge is 0.255 e. The van der Waals surface area contributed by atoms with Crippen LogP contribution in [0.1, 0.15) is 6.42 Å². The molecule has 0 amide bonds. The molecule has 0 saturated carbocycles. The lowest BCUT2D eigenvalue weighted by molar-refractivity contribution is 0.298. The maximum Gasteiger partial charge on any atom is 0.255 e. The van der Waals surface area contributed by atoms with Crippen LogP contribution in [0.4, 0.5) is 4.39 Å². The monoisotopic (exact) mass is 187 g/mol. The van der Waals surface area contributed by atoms with Crippen LogP contribution < -0.4 is 4.74 Å². The van der Waals surface area contributed by atoms with E-state index in [9.17, 15) is 4.39 Å². The second-order valence-corrected chi connectivity index (χ2v) is 2.86. The van der Waals surface area contributed by atoms with E-state index in [1.807, 2.05) is 0 Å². The first-order chi connectivity index (χ1) is 5.84. The van der Waals surface area contributed by atoms with Gasteiger partial charge in [0, 0.05) is 6.20 Å². The molecular formula is C8H11FNOP. The normalized spacial score (nSPS) is 9.83. The molecule has 0 bridgehead atoms. The zero-order valence-corrected chi connectivity index (χ0v) is 7.82. The molecule has 0 spiro atoms. The third-order valence-electron chi connectivity index (χ3n) is 1.33. The minimum atomic E-state index is -0.541. The molecule has 0 radical (unpaired) electrons. The van der Waals surface area contributed by atoms with Crippen molar-refractivity contribution >= 4 is 9.24 Å². The molecule has 0 aromatic carbocycles. The summed E-state index contributed by atoms with van der Waals surface area (Å²) in [4.78, 5) is 3.46. The van der Waals surface area contributed by atoms with Crippen LogP contribution in [0, 0.1) is 5.95 Å². The van der Waals surface area contributed by atoms with Crippen molar-refractivity contribution in [3.8, 4) is 5.75 Å². The molecule has 0 N–H and O–H groups in total. The summed E-state index contributed by atoms with van der Waals surface area (Å²) in [7, 11) is 2.59. The van der Waals surface area contributed by atoms with Gasteiger partial charge in [-0.15, -0.1) is 9.24 Å². The predicted octanol–water partition coefficient (Wildman–Crippen LogP) is 1.86. The lowest BCUT2D eigenvalue weighted by atomic mass is 10.4. The van der Waals surface area contributed by atoms with Crippen LogP contribution in [0.25, 0.3) is 0 Å². The van der Waals surface area contributed by atoms with E-state index in [4.69, 9.17) is 4.74 Å². The number of ether oxygens (including phenoxy) is 1. The lowest BCUT2D eigenvalue weighted by Crippen LogP contribution is -2.00. The molecule has 1 heterocycles. The highest BCUT2D eigenvalue weighted by molar-refractivity contribution is 7.16. The molecule has 0 aliphatic heterocycles. The van der Waals surface area contributed by atoms with Crippen molar-refractivity contribution in [3.05, 3.63) is 24.3 Å². The standard InChI is InChI=1S/C8H11FNOP/c9-8-7(3-1-4-10-8)11-5-2-6-12/h1,3-4H,2,5-6,12H2. The van der Waals surface area contributed by atoms with Crippen LogP contribution in [0.5, 0.6) is 5.75 Å². The summed E-state index contributed by atoms with van der Waals surface area (Å²) in [5.41, 5.74) is 0. The summed E-state index contributed by atoms with van der Waals surface area (Å²) in [5.74, 6) is -0.308. The molecule has 1 aromatic heterocycles. The average Bonchev–Trinajstić information content (AvgIpc) is 2.09. The Kier molecular flexibility index (Phi) is 3.95. The predicted molar refractivity (Wildman–Crippen MR) is 48.9 cm³/mol. The van der Waals surface area contributed by atoms with Gasteiger partial charge in [-0.1, -0.05) is 0 Å². The van der Waals surface area contributed by atoms with Crippen molar-refractivity contribution in [1.29, 1.82) is 0 Å². The van der Waals surface area contributed by atoms with Gasteiger partial charge in [0.25, 0.3) is 5.95 Å². The fourth-order valence-corrected chi connectivity index (χ4v) is 0.911. The van der Waals surface area contributed by atoms with E-state index in [0.29, 0.717) is 6.61 Å². The van der Waals surface area contributed by atoms with E-state index >= 15 is 0 Å². The van der Waals surface area contributed by atoms with E-state index in [-0.39, 0.29) is 5.75 Å². The van der Waals surface area contributed by atoms with Crippen LogP contribution in [0.15, 0.2) is 18.3 Å². The van der Waals surface area contributed by atoms with Gasteiger partial charge in [0.15, 0.2) is 5.75 Å². The van der Waals surface area contributed by atoms with Crippen molar-refractivity contribution in [2.45, 2.75) is 6.42 Å². The fraction of sp³-hybridized carbons (Fsp3) is 0.375. The van der Waals surface area contributed by atoms with Crippen LogP contribution in [0.2, 0.25) is 0 Å². The van der Waals surface area contributed by atoms with Gasteiger partial charge in [-0.2, -0.15) is 4.39 Å². The van der Waals surface area contributed by atoms with Gasteiger partial charge >= 0.3 is 0 Å². The Morgan fingerprint density at radius 3 is 3.08 bits per heavy atom. The first kappa shape index (κ1) is 9.40. The summed E-state index contributed by atoms with van der Waals surface area (Å²) >= 11 is 0. The fourth-order valence-electron chi connectivity index (χ4n) is 0.744. The SMILES string of the molecule is Fc1ncccc1OCCCP. The number of nitrogens with zero attached hydrogens (tertiary/aromatic N) is 1. The number of pyridine rings is 1. The van der Waals surface area contributed by atoms with Crippen molar-refractivity contribution in [2.75, 3.05) is 12.8 Å². The molecule has 2 nitrogen and oxygen atoms in total. The first-order valence-electron chi connectivity index (χ1n) is 3.78. The van der Waals surface area contributed by atoms with Gasteiger partial charge in [-0.25, -0.2) is 4.98 Å². The Labute approximate surface area is 73.4 Å². The quantitative estimate of drug-likeness (QED) is 0.408. The minimum absolute atomic E-state index is 0.232. The molecule has 1 rings (SSSR count). The lowest BCUT2D eigenvalue weighted by Gasteiger charge is -2.04. The Balaban J connectivity index is 2.46. The van der Waals surface area contributed by atoms with Gasteiger partial charge in [-0.05, 0) is 24.7 Å². The number of hydrogen-bond donors (Lipinski definition) is 0. The van der Waals surface area contributed by atoms with Crippen molar-refractivity contribution in [2.24, 2.45) is 0 Å². The van der Waals surface area contributed by atoms with Crippen LogP contribution in [0.3, 0.4) is 0 Å². The summed E-state index contributed by atoms with van der Waals surface area (Å²) in [5, 5.41) is 0. The molecule has 0 aliphatic carbocycles. The van der Waals surface area contributed by atoms with Crippen LogP contribution >= 0.6 is 9.24 Å². The van der Waals surface area contributed by atoms with Gasteiger partial charge in [0.05, 0.1) is 6.61 Å². The molecule has 1 aromatic rings. The minimum Gasteiger partial charge on any atom is -0.489 e. The molecule has 12 heavy (non-hydrogen) atoms. The van der Waals surface area contributed by atoms with Gasteiger partial charge < -0.3 is 4.74 Å². The van der Waals surface area contributed by atoms with Gasteiger partial charge in [-0.3, -0.25) is 0 Å². The van der Waals surface area contributed by atoms with Crippen molar-refractivity contribution < 1.29 is 9.13 Å². The highest BCUT2D eigenvalue weighted by atomic mass is 31.0. The largest absolute Gasteiger partial charge is 0.489 e. The number of aromatic nitrogens is 1. The zero-order valence-electron chi connectivity index (χ0n) is 6.66. The van der Waals surface area contributed by atoms with Crippen molar-refractivity contribution in [1.82, 2.24) is 4.98 Å². The molecular weight excluding hydrogens is 176 g/mol. The summed E-state index contributed by atoms with van der Waals surface area (Å²) < 4.78 is 17.9. The summed E-state index contributed by atoms with van der Waals surface area (Å²) in [6, 6.07) is 3.23. The average molecular weight is 187 g/mol. The van der Waals surface area contributed by atoms with Crippen LogP contribution in [-0.2, 0) is 0 Å². The molecule has 1 unspecified atom stereocenters. The van der Waals surface area contributed by atoms with Gasteiger partial charge in [0.2, 0.25) is 0 Å². The highest BCUT2D eigenvalue weighted by Crippen LogP contribution is 2.12. The van der Waals surface area contributed by atoms with E-state index in [1.165, 1.54) is 6.20 Å². The Morgan fingerprint density at radius 1 is 1.58 bits per heavy atom. The highest BCUT2D eigenvalue weighted by Gasteiger charge is 2.00. The summed E-state index contributed by atoms with van der Waals surface area (Å²) in [6.07, 6.45) is 3.26. The third-order valence-corrected chi connectivity index (χ3v) is 1.74. The Hall–Kier alpha value is -0.690. The second kappa shape index (κ2) is 5.04. The van der Waals surface area contributed by atoms with E-state index < -0.39 is 5.95 Å². The van der Waals surface area contributed by atoms with Crippen molar-refractivity contribution in [3.63, 3.8) is 0 Å². The molecule has 4 heteroatoms. The second-order valence-electron chi connectivity index (χ2n) is 2.28. The molecule has 0 saturated heterocycles. The maximum atomic E-state index is 12.8. The molecule has 66 valence electrons. The van der Waals surface area contributed by atoms with Crippen LogP contribution in [-0.4, -0.2) is 17.8 Å². The van der Waals surface area contributed by atoms with E-state index in [2.05, 4.69) is 14.2 Å². The van der Waals surface area contributed by atoms with Gasteiger partial charge in [0.1, 0.15) is 0 Å². The summed E-state index contributed by atoms with van der Waals surface area (Å²) in [6.45, 7) is 0.534. The maximum absolute atomic E-state index is 12.8.